The Balaban J connectivity index is 2.05. The highest BCUT2D eigenvalue weighted by atomic mass is 16.5. The highest BCUT2D eigenvalue weighted by Gasteiger charge is 2.22. The lowest BCUT2D eigenvalue weighted by molar-refractivity contribution is 0.0526. The molecule has 1 aliphatic carbocycles. The molecular formula is C15H20O3. The van der Waals surface area contributed by atoms with Crippen molar-refractivity contribution in [2.75, 3.05) is 13.2 Å². The Hall–Kier alpha value is -1.35. The molecule has 98 valence electrons. The van der Waals surface area contributed by atoms with Gasteiger partial charge in [-0.2, -0.15) is 0 Å². The van der Waals surface area contributed by atoms with E-state index in [1.165, 1.54) is 11.1 Å². The molecule has 1 N–H and O–H groups in total. The van der Waals surface area contributed by atoms with Gasteiger partial charge in [-0.3, -0.25) is 0 Å². The van der Waals surface area contributed by atoms with Crippen molar-refractivity contribution in [1.82, 2.24) is 0 Å². The van der Waals surface area contributed by atoms with E-state index in [-0.39, 0.29) is 12.6 Å². The van der Waals surface area contributed by atoms with E-state index >= 15 is 0 Å². The van der Waals surface area contributed by atoms with Crippen LogP contribution in [0, 0.1) is 5.92 Å². The molecule has 0 fully saturated rings. The minimum Gasteiger partial charge on any atom is -0.462 e. The number of carbonyl (C=O) groups is 1. The van der Waals surface area contributed by atoms with Crippen molar-refractivity contribution in [3.05, 3.63) is 34.9 Å². The second-order valence-corrected chi connectivity index (χ2v) is 4.84. The first-order valence-corrected chi connectivity index (χ1v) is 6.64. The molecule has 0 aromatic heterocycles. The SMILES string of the molecule is CCOC(=O)c1ccc2c(c1)C[C@H](CCCO)C2. The number of aliphatic hydroxyl groups is 1. The molecule has 0 saturated heterocycles. The normalized spacial score (nSPS) is 17.6. The summed E-state index contributed by atoms with van der Waals surface area (Å²) in [5.41, 5.74) is 3.26. The first-order chi connectivity index (χ1) is 8.74. The molecule has 1 aromatic rings. The van der Waals surface area contributed by atoms with Gasteiger partial charge in [0.2, 0.25) is 0 Å². The van der Waals surface area contributed by atoms with Crippen LogP contribution in [0.4, 0.5) is 0 Å². The molecule has 2 rings (SSSR count). The fourth-order valence-electron chi connectivity index (χ4n) is 2.63. The van der Waals surface area contributed by atoms with E-state index in [4.69, 9.17) is 9.84 Å². The summed E-state index contributed by atoms with van der Waals surface area (Å²) < 4.78 is 5.01. The van der Waals surface area contributed by atoms with Crippen LogP contribution in [0.5, 0.6) is 0 Å². The zero-order valence-corrected chi connectivity index (χ0v) is 10.8. The Kier molecular flexibility index (Phi) is 4.37. The van der Waals surface area contributed by atoms with Gasteiger partial charge < -0.3 is 9.84 Å². The number of fused-ring (bicyclic) bond motifs is 1. The molecule has 1 aromatic carbocycles. The largest absolute Gasteiger partial charge is 0.462 e. The Labute approximate surface area is 108 Å². The average Bonchev–Trinajstić information content (AvgIpc) is 2.78. The molecule has 18 heavy (non-hydrogen) atoms. The summed E-state index contributed by atoms with van der Waals surface area (Å²) in [6.45, 7) is 2.49. The topological polar surface area (TPSA) is 46.5 Å². The fourth-order valence-corrected chi connectivity index (χ4v) is 2.63. The zero-order valence-electron chi connectivity index (χ0n) is 10.8. The number of aliphatic hydroxyl groups excluding tert-OH is 1. The van der Waals surface area contributed by atoms with E-state index in [1.54, 1.807) is 0 Å². The minimum atomic E-state index is -0.237. The van der Waals surface area contributed by atoms with Crippen LogP contribution in [0.1, 0.15) is 41.3 Å². The van der Waals surface area contributed by atoms with E-state index in [9.17, 15) is 4.79 Å². The second-order valence-electron chi connectivity index (χ2n) is 4.84. The van der Waals surface area contributed by atoms with Gasteiger partial charge in [0.25, 0.3) is 0 Å². The van der Waals surface area contributed by atoms with Crippen molar-refractivity contribution in [2.24, 2.45) is 5.92 Å². The number of hydrogen-bond acceptors (Lipinski definition) is 3. The number of carbonyl (C=O) groups excluding carboxylic acids is 1. The van der Waals surface area contributed by atoms with Crippen molar-refractivity contribution in [2.45, 2.75) is 32.6 Å². The summed E-state index contributed by atoms with van der Waals surface area (Å²) in [4.78, 5) is 11.6. The van der Waals surface area contributed by atoms with E-state index < -0.39 is 0 Å². The third-order valence-electron chi connectivity index (χ3n) is 3.51. The van der Waals surface area contributed by atoms with Crippen LogP contribution in [-0.4, -0.2) is 24.3 Å². The molecule has 0 amide bonds. The highest BCUT2D eigenvalue weighted by molar-refractivity contribution is 5.89. The molecule has 0 aliphatic heterocycles. The molecule has 3 nitrogen and oxygen atoms in total. The number of hydrogen-bond donors (Lipinski definition) is 1. The zero-order chi connectivity index (χ0) is 13.0. The first kappa shape index (κ1) is 13.1. The van der Waals surface area contributed by atoms with Gasteiger partial charge in [-0.15, -0.1) is 0 Å². The number of benzene rings is 1. The van der Waals surface area contributed by atoms with Crippen LogP contribution in [0.15, 0.2) is 18.2 Å². The van der Waals surface area contributed by atoms with Gasteiger partial charge in [-0.25, -0.2) is 4.79 Å². The lowest BCUT2D eigenvalue weighted by Gasteiger charge is -2.06. The first-order valence-electron chi connectivity index (χ1n) is 6.64. The summed E-state index contributed by atoms with van der Waals surface area (Å²) in [6, 6.07) is 5.86. The lowest BCUT2D eigenvalue weighted by Crippen LogP contribution is -2.05. The molecule has 0 heterocycles. The van der Waals surface area contributed by atoms with Crippen LogP contribution < -0.4 is 0 Å². The van der Waals surface area contributed by atoms with Gasteiger partial charge in [0.1, 0.15) is 0 Å². The summed E-state index contributed by atoms with van der Waals surface area (Å²) in [7, 11) is 0. The fraction of sp³-hybridized carbons (Fsp3) is 0.533. The van der Waals surface area contributed by atoms with Crippen LogP contribution in [0.3, 0.4) is 0 Å². The molecule has 0 saturated carbocycles. The van der Waals surface area contributed by atoms with E-state index in [0.717, 1.165) is 25.7 Å². The van der Waals surface area contributed by atoms with Gasteiger partial charge >= 0.3 is 5.97 Å². The molecule has 1 atom stereocenters. The van der Waals surface area contributed by atoms with Crippen molar-refractivity contribution < 1.29 is 14.6 Å². The maximum atomic E-state index is 11.6. The van der Waals surface area contributed by atoms with Gasteiger partial charge in [-0.05, 0) is 61.8 Å². The van der Waals surface area contributed by atoms with Gasteiger partial charge in [-0.1, -0.05) is 6.07 Å². The van der Waals surface area contributed by atoms with Crippen LogP contribution in [0.2, 0.25) is 0 Å². The predicted molar refractivity (Wildman–Crippen MR) is 69.6 cm³/mol. The van der Waals surface area contributed by atoms with Crippen LogP contribution in [0.25, 0.3) is 0 Å². The Bertz CT molecular complexity index is 426. The average molecular weight is 248 g/mol. The molecule has 0 radical (unpaired) electrons. The third kappa shape index (κ3) is 2.91. The maximum absolute atomic E-state index is 11.6. The third-order valence-corrected chi connectivity index (χ3v) is 3.51. The number of esters is 1. The van der Waals surface area contributed by atoms with Crippen LogP contribution in [-0.2, 0) is 17.6 Å². The predicted octanol–water partition coefficient (Wildman–Crippen LogP) is 2.35. The molecule has 0 bridgehead atoms. The maximum Gasteiger partial charge on any atom is 0.338 e. The van der Waals surface area contributed by atoms with Gasteiger partial charge in [0.05, 0.1) is 12.2 Å². The van der Waals surface area contributed by atoms with E-state index in [2.05, 4.69) is 0 Å². The quantitative estimate of drug-likeness (QED) is 0.814. The molecule has 1 aliphatic rings. The van der Waals surface area contributed by atoms with E-state index in [1.807, 2.05) is 25.1 Å². The van der Waals surface area contributed by atoms with Crippen molar-refractivity contribution in [3.8, 4) is 0 Å². The number of ether oxygens (including phenoxy) is 1. The lowest BCUT2D eigenvalue weighted by atomic mass is 10.0. The minimum absolute atomic E-state index is 0.237. The van der Waals surface area contributed by atoms with Crippen molar-refractivity contribution >= 4 is 5.97 Å². The smallest absolute Gasteiger partial charge is 0.338 e. The van der Waals surface area contributed by atoms with Gasteiger partial charge in [0, 0.05) is 6.61 Å². The van der Waals surface area contributed by atoms with E-state index in [0.29, 0.717) is 18.1 Å². The molecular weight excluding hydrogens is 228 g/mol. The monoisotopic (exact) mass is 248 g/mol. The van der Waals surface area contributed by atoms with Crippen LogP contribution >= 0.6 is 0 Å². The second kappa shape index (κ2) is 6.01. The summed E-state index contributed by atoms with van der Waals surface area (Å²) in [6.07, 6.45) is 4.00. The summed E-state index contributed by atoms with van der Waals surface area (Å²) >= 11 is 0. The Morgan fingerprint density at radius 2 is 2.17 bits per heavy atom. The highest BCUT2D eigenvalue weighted by Crippen LogP contribution is 2.30. The number of rotatable bonds is 5. The molecule has 0 spiro atoms. The molecule has 3 heteroatoms. The summed E-state index contributed by atoms with van der Waals surface area (Å²) in [5, 5.41) is 8.86. The van der Waals surface area contributed by atoms with Crippen molar-refractivity contribution in [3.63, 3.8) is 0 Å². The Morgan fingerprint density at radius 1 is 1.39 bits per heavy atom. The van der Waals surface area contributed by atoms with Gasteiger partial charge in [0.15, 0.2) is 0 Å². The summed E-state index contributed by atoms with van der Waals surface area (Å²) in [5.74, 6) is 0.378. The Morgan fingerprint density at radius 3 is 2.89 bits per heavy atom. The molecule has 0 unspecified atom stereocenters. The standard InChI is InChI=1S/C15H20O3/c1-2-18-15(17)13-6-5-12-8-11(4-3-7-16)9-14(12)10-13/h5-6,10-11,16H,2-4,7-9H2,1H3/t11-/m1/s1. The van der Waals surface area contributed by atoms with Crippen molar-refractivity contribution in [1.29, 1.82) is 0 Å².